The molecule has 0 aliphatic carbocycles. The monoisotopic (exact) mass is 395 g/mol. The van der Waals surface area contributed by atoms with E-state index >= 15 is 0 Å². The number of nitrogens with zero attached hydrogens (tertiary/aromatic N) is 7. The van der Waals surface area contributed by atoms with E-state index in [0.29, 0.717) is 0 Å². The summed E-state index contributed by atoms with van der Waals surface area (Å²) in [6.45, 7) is 13.2. The molecule has 2 fully saturated rings. The molecular formula is C22H33N7. The maximum absolute atomic E-state index is 4.58. The van der Waals surface area contributed by atoms with Gasteiger partial charge in [0.1, 0.15) is 23.8 Å². The van der Waals surface area contributed by atoms with Gasteiger partial charge in [-0.15, -0.1) is 10.2 Å². The van der Waals surface area contributed by atoms with Gasteiger partial charge >= 0.3 is 0 Å². The number of aryl methyl sites for hydroxylation is 1. The molecule has 0 spiro atoms. The Morgan fingerprint density at radius 1 is 0.966 bits per heavy atom. The molecule has 0 radical (unpaired) electrons. The topological polar surface area (TPSA) is 63.0 Å². The molecule has 7 heteroatoms. The van der Waals surface area contributed by atoms with E-state index < -0.39 is 0 Å². The molecule has 2 unspecified atom stereocenters. The average Bonchev–Trinajstić information content (AvgIpc) is 3.30. The molecule has 2 aromatic rings. The maximum Gasteiger partial charge on any atom is 0.147 e. The Morgan fingerprint density at radius 2 is 1.76 bits per heavy atom. The van der Waals surface area contributed by atoms with Gasteiger partial charge in [0.2, 0.25) is 0 Å². The van der Waals surface area contributed by atoms with Gasteiger partial charge in [0.25, 0.3) is 0 Å². The standard InChI is InChI=1S/C22H33N7/c1-22(2,3)18-9-20(24-15-23-18)28-12-16-10-27(11-17(16)13-28)14-21-26-25-19-7-5-4-6-8-29(19)21/h9,15-17H,4-8,10-14H2,1-3H3. The summed E-state index contributed by atoms with van der Waals surface area (Å²) in [6, 6.07) is 2.18. The Hall–Kier alpha value is -2.02. The van der Waals surface area contributed by atoms with Crippen molar-refractivity contribution in [3.8, 4) is 0 Å². The summed E-state index contributed by atoms with van der Waals surface area (Å²) in [6.07, 6.45) is 6.64. The van der Waals surface area contributed by atoms with Crippen LogP contribution in [0.1, 0.15) is 57.4 Å². The second kappa shape index (κ2) is 7.35. The van der Waals surface area contributed by atoms with Gasteiger partial charge < -0.3 is 9.47 Å². The summed E-state index contributed by atoms with van der Waals surface area (Å²) in [5.41, 5.74) is 1.18. The second-order valence-electron chi connectivity index (χ2n) is 10.1. The molecule has 29 heavy (non-hydrogen) atoms. The SMILES string of the molecule is CC(C)(C)c1cc(N2CC3CN(Cc4nnc5n4CCCCC5)CC3C2)ncn1. The lowest BCUT2D eigenvalue weighted by atomic mass is 9.92. The molecule has 7 nitrogen and oxygen atoms in total. The average molecular weight is 396 g/mol. The van der Waals surface area contributed by atoms with Crippen LogP contribution in [-0.2, 0) is 24.9 Å². The van der Waals surface area contributed by atoms with Gasteiger partial charge in [-0.05, 0) is 24.7 Å². The summed E-state index contributed by atoms with van der Waals surface area (Å²) >= 11 is 0. The zero-order chi connectivity index (χ0) is 20.0. The fourth-order valence-electron chi connectivity index (χ4n) is 5.20. The van der Waals surface area contributed by atoms with E-state index in [9.17, 15) is 0 Å². The zero-order valence-electron chi connectivity index (χ0n) is 18.0. The normalized spacial score (nSPS) is 25.1. The van der Waals surface area contributed by atoms with Crippen molar-refractivity contribution in [2.45, 2.75) is 65.0 Å². The van der Waals surface area contributed by atoms with Crippen molar-refractivity contribution >= 4 is 5.82 Å². The van der Waals surface area contributed by atoms with Crippen LogP contribution in [-0.4, -0.2) is 55.8 Å². The molecule has 2 aromatic heterocycles. The predicted octanol–water partition coefficient (Wildman–Crippen LogP) is 2.66. The van der Waals surface area contributed by atoms with Crippen LogP contribution in [0.2, 0.25) is 0 Å². The largest absolute Gasteiger partial charge is 0.356 e. The minimum Gasteiger partial charge on any atom is -0.356 e. The minimum atomic E-state index is 0.0559. The third kappa shape index (κ3) is 3.77. The van der Waals surface area contributed by atoms with Crippen molar-refractivity contribution in [3.63, 3.8) is 0 Å². The summed E-state index contributed by atoms with van der Waals surface area (Å²) in [7, 11) is 0. The predicted molar refractivity (Wildman–Crippen MR) is 113 cm³/mol. The van der Waals surface area contributed by atoms with E-state index in [1.165, 1.54) is 30.9 Å². The Morgan fingerprint density at radius 3 is 2.52 bits per heavy atom. The molecule has 5 rings (SSSR count). The molecule has 3 aliphatic heterocycles. The molecule has 2 saturated heterocycles. The minimum absolute atomic E-state index is 0.0559. The molecule has 0 saturated carbocycles. The van der Waals surface area contributed by atoms with Crippen molar-refractivity contribution < 1.29 is 0 Å². The van der Waals surface area contributed by atoms with Crippen LogP contribution in [0.3, 0.4) is 0 Å². The number of likely N-dealkylation sites (tertiary alicyclic amines) is 1. The van der Waals surface area contributed by atoms with Crippen LogP contribution in [0.4, 0.5) is 5.82 Å². The molecule has 0 bridgehead atoms. The van der Waals surface area contributed by atoms with Gasteiger partial charge in [0.15, 0.2) is 0 Å². The lowest BCUT2D eigenvalue weighted by Gasteiger charge is -2.24. The van der Waals surface area contributed by atoms with Crippen molar-refractivity contribution in [1.82, 2.24) is 29.6 Å². The van der Waals surface area contributed by atoms with Crippen LogP contribution in [0.5, 0.6) is 0 Å². The summed E-state index contributed by atoms with van der Waals surface area (Å²) in [5, 5.41) is 9.01. The summed E-state index contributed by atoms with van der Waals surface area (Å²) < 4.78 is 2.39. The highest BCUT2D eigenvalue weighted by Crippen LogP contribution is 2.34. The molecule has 0 aromatic carbocycles. The van der Waals surface area contributed by atoms with Crippen molar-refractivity contribution in [3.05, 3.63) is 29.7 Å². The van der Waals surface area contributed by atoms with E-state index in [4.69, 9.17) is 0 Å². The first-order valence-electron chi connectivity index (χ1n) is 11.2. The Bertz CT molecular complexity index is 854. The first kappa shape index (κ1) is 19.0. The van der Waals surface area contributed by atoms with Crippen LogP contribution >= 0.6 is 0 Å². The summed E-state index contributed by atoms with van der Waals surface area (Å²) in [4.78, 5) is 14.1. The third-order valence-corrected chi connectivity index (χ3v) is 6.86. The molecule has 0 N–H and O–H groups in total. The highest BCUT2D eigenvalue weighted by Gasteiger charge is 2.41. The van der Waals surface area contributed by atoms with Gasteiger partial charge in [0, 0.05) is 50.6 Å². The summed E-state index contributed by atoms with van der Waals surface area (Å²) in [5.74, 6) is 4.89. The Kier molecular flexibility index (Phi) is 4.81. The van der Waals surface area contributed by atoms with Crippen LogP contribution in [0.15, 0.2) is 12.4 Å². The molecule has 3 aliphatic rings. The van der Waals surface area contributed by atoms with Gasteiger partial charge in [-0.25, -0.2) is 9.97 Å². The number of hydrogen-bond donors (Lipinski definition) is 0. The second-order valence-corrected chi connectivity index (χ2v) is 10.1. The number of fused-ring (bicyclic) bond motifs is 2. The van der Waals surface area contributed by atoms with E-state index in [1.807, 2.05) is 0 Å². The Labute approximate surface area is 173 Å². The van der Waals surface area contributed by atoms with Crippen LogP contribution in [0.25, 0.3) is 0 Å². The maximum atomic E-state index is 4.58. The number of aromatic nitrogens is 5. The van der Waals surface area contributed by atoms with Gasteiger partial charge in [-0.1, -0.05) is 27.2 Å². The number of anilines is 1. The first-order chi connectivity index (χ1) is 14.0. The van der Waals surface area contributed by atoms with Crippen molar-refractivity contribution in [2.75, 3.05) is 31.1 Å². The van der Waals surface area contributed by atoms with Gasteiger partial charge in [-0.2, -0.15) is 0 Å². The van der Waals surface area contributed by atoms with Crippen molar-refractivity contribution in [2.24, 2.45) is 11.8 Å². The lowest BCUT2D eigenvalue weighted by molar-refractivity contribution is 0.295. The van der Waals surface area contributed by atoms with Gasteiger partial charge in [-0.3, -0.25) is 4.90 Å². The fraction of sp³-hybridized carbons (Fsp3) is 0.727. The molecule has 0 amide bonds. The molecule has 5 heterocycles. The highest BCUT2D eigenvalue weighted by molar-refractivity contribution is 5.42. The van der Waals surface area contributed by atoms with Gasteiger partial charge in [0.05, 0.1) is 12.2 Å². The molecule has 156 valence electrons. The quantitative estimate of drug-likeness (QED) is 0.796. The fourth-order valence-corrected chi connectivity index (χ4v) is 5.20. The molecular weight excluding hydrogens is 362 g/mol. The van der Waals surface area contributed by atoms with E-state index in [0.717, 1.165) is 69.0 Å². The van der Waals surface area contributed by atoms with Crippen molar-refractivity contribution in [1.29, 1.82) is 0 Å². The third-order valence-electron chi connectivity index (χ3n) is 6.86. The van der Waals surface area contributed by atoms with Crippen LogP contribution < -0.4 is 4.90 Å². The van der Waals surface area contributed by atoms with E-state index in [-0.39, 0.29) is 5.41 Å². The number of hydrogen-bond acceptors (Lipinski definition) is 6. The van der Waals surface area contributed by atoms with E-state index in [2.05, 4.69) is 61.4 Å². The number of rotatable bonds is 3. The lowest BCUT2D eigenvalue weighted by Crippen LogP contribution is -2.30. The highest BCUT2D eigenvalue weighted by atomic mass is 15.3. The Balaban J connectivity index is 1.22. The van der Waals surface area contributed by atoms with Crippen LogP contribution in [0, 0.1) is 11.8 Å². The smallest absolute Gasteiger partial charge is 0.147 e. The molecule has 2 atom stereocenters. The first-order valence-corrected chi connectivity index (χ1v) is 11.2. The zero-order valence-corrected chi connectivity index (χ0v) is 18.0. The van der Waals surface area contributed by atoms with E-state index in [1.54, 1.807) is 6.33 Å².